The molecule has 2 N–H and O–H groups in total. The Balaban J connectivity index is 1.34. The summed E-state index contributed by atoms with van der Waals surface area (Å²) in [5.74, 6) is -0.858. The molecule has 28 heavy (non-hydrogen) atoms. The minimum Gasteiger partial charge on any atom is -0.334 e. The second-order valence-corrected chi connectivity index (χ2v) is 7.21. The van der Waals surface area contributed by atoms with Crippen LogP contribution in [-0.2, 0) is 16.1 Å². The maximum atomic E-state index is 12.6. The highest BCUT2D eigenvalue weighted by Crippen LogP contribution is 2.29. The number of nitrogens with zero attached hydrogens (tertiary/aromatic N) is 4. The van der Waals surface area contributed by atoms with E-state index in [1.165, 1.54) is 6.33 Å². The number of rotatable bonds is 5. The fourth-order valence-electron chi connectivity index (χ4n) is 3.82. The number of benzene rings is 1. The molecule has 9 heteroatoms. The number of urea groups is 1. The molecule has 2 unspecified atom stereocenters. The van der Waals surface area contributed by atoms with Crippen LogP contribution in [0.4, 0.5) is 10.5 Å². The minimum absolute atomic E-state index is 0.0920. The SMILES string of the molecule is O=C(CN1C(=O)NC2CCCCC2C1=O)Nc1ccc(Cn2cncn2)cc1. The summed E-state index contributed by atoms with van der Waals surface area (Å²) in [5.41, 5.74) is 1.62. The third kappa shape index (κ3) is 3.88. The molecule has 0 radical (unpaired) electrons. The van der Waals surface area contributed by atoms with E-state index in [0.29, 0.717) is 12.2 Å². The van der Waals surface area contributed by atoms with E-state index in [9.17, 15) is 14.4 Å². The van der Waals surface area contributed by atoms with Gasteiger partial charge in [-0.2, -0.15) is 5.10 Å². The van der Waals surface area contributed by atoms with Gasteiger partial charge in [0.25, 0.3) is 0 Å². The Labute approximate surface area is 162 Å². The maximum absolute atomic E-state index is 12.6. The number of carbonyl (C=O) groups excluding carboxylic acids is 3. The zero-order valence-corrected chi connectivity index (χ0v) is 15.4. The van der Waals surface area contributed by atoms with Crippen molar-refractivity contribution in [1.82, 2.24) is 25.0 Å². The summed E-state index contributed by atoms with van der Waals surface area (Å²) >= 11 is 0. The standard InChI is InChI=1S/C19H22N6O3/c26-17(10-25-18(27)15-3-1-2-4-16(15)23-19(25)28)22-14-7-5-13(6-8-14)9-24-12-20-11-21-24/h5-8,11-12,15-16H,1-4,9-10H2,(H,22,26)(H,23,28). The van der Waals surface area contributed by atoms with E-state index in [4.69, 9.17) is 0 Å². The van der Waals surface area contributed by atoms with Crippen LogP contribution in [0.1, 0.15) is 31.2 Å². The summed E-state index contributed by atoms with van der Waals surface area (Å²) in [4.78, 5) is 42.2. The molecule has 2 aromatic rings. The van der Waals surface area contributed by atoms with E-state index < -0.39 is 11.9 Å². The second kappa shape index (κ2) is 7.79. The molecular formula is C19H22N6O3. The van der Waals surface area contributed by atoms with Crippen LogP contribution in [0, 0.1) is 5.92 Å². The number of hydrogen-bond acceptors (Lipinski definition) is 5. The topological polar surface area (TPSA) is 109 Å². The van der Waals surface area contributed by atoms with E-state index in [1.807, 2.05) is 12.1 Å². The molecule has 0 spiro atoms. The molecule has 1 saturated carbocycles. The molecule has 1 aliphatic carbocycles. The van der Waals surface area contributed by atoms with E-state index >= 15 is 0 Å². The van der Waals surface area contributed by atoms with Crippen molar-refractivity contribution in [3.8, 4) is 0 Å². The van der Waals surface area contributed by atoms with Gasteiger partial charge in [0.15, 0.2) is 0 Å². The highest BCUT2D eigenvalue weighted by molar-refractivity contribution is 6.04. The molecule has 1 aliphatic heterocycles. The van der Waals surface area contributed by atoms with Crippen molar-refractivity contribution in [3.63, 3.8) is 0 Å². The van der Waals surface area contributed by atoms with Crippen LogP contribution < -0.4 is 10.6 Å². The van der Waals surface area contributed by atoms with Gasteiger partial charge in [0, 0.05) is 11.7 Å². The lowest BCUT2D eigenvalue weighted by Crippen LogP contribution is -2.61. The molecule has 9 nitrogen and oxygen atoms in total. The lowest BCUT2D eigenvalue weighted by Gasteiger charge is -2.39. The number of amides is 4. The van der Waals surface area contributed by atoms with E-state index in [0.717, 1.165) is 36.1 Å². The van der Waals surface area contributed by atoms with Crippen LogP contribution in [0.3, 0.4) is 0 Å². The molecule has 2 atom stereocenters. The van der Waals surface area contributed by atoms with E-state index in [2.05, 4.69) is 20.7 Å². The summed E-state index contributed by atoms with van der Waals surface area (Å²) in [7, 11) is 0. The fraction of sp³-hybridized carbons (Fsp3) is 0.421. The first kappa shape index (κ1) is 18.1. The van der Waals surface area contributed by atoms with Crippen molar-refractivity contribution >= 4 is 23.5 Å². The third-order valence-electron chi connectivity index (χ3n) is 5.25. The smallest absolute Gasteiger partial charge is 0.324 e. The Morgan fingerprint density at radius 1 is 1.18 bits per heavy atom. The van der Waals surface area contributed by atoms with Gasteiger partial charge in [0.2, 0.25) is 11.8 Å². The molecule has 1 aromatic carbocycles. The van der Waals surface area contributed by atoms with Gasteiger partial charge in [-0.25, -0.2) is 14.5 Å². The summed E-state index contributed by atoms with van der Waals surface area (Å²) < 4.78 is 1.70. The summed E-state index contributed by atoms with van der Waals surface area (Å²) in [6.07, 6.45) is 6.68. The van der Waals surface area contributed by atoms with Gasteiger partial charge < -0.3 is 10.6 Å². The Kier molecular flexibility index (Phi) is 5.05. The Morgan fingerprint density at radius 3 is 2.71 bits per heavy atom. The third-order valence-corrected chi connectivity index (χ3v) is 5.25. The number of nitrogens with one attached hydrogen (secondary N) is 2. The monoisotopic (exact) mass is 382 g/mol. The maximum Gasteiger partial charge on any atom is 0.324 e. The lowest BCUT2D eigenvalue weighted by molar-refractivity contribution is -0.138. The first-order valence-corrected chi connectivity index (χ1v) is 9.43. The average molecular weight is 382 g/mol. The normalized spacial score (nSPS) is 21.8. The van der Waals surface area contributed by atoms with Crippen LogP contribution in [-0.4, -0.2) is 50.1 Å². The molecule has 2 fully saturated rings. The Hall–Kier alpha value is -3.23. The molecule has 4 rings (SSSR count). The molecule has 2 aliphatic rings. The van der Waals surface area contributed by atoms with Crippen LogP contribution in [0.15, 0.2) is 36.9 Å². The lowest BCUT2D eigenvalue weighted by atomic mass is 9.82. The molecular weight excluding hydrogens is 360 g/mol. The van der Waals surface area contributed by atoms with Crippen molar-refractivity contribution in [1.29, 1.82) is 0 Å². The Morgan fingerprint density at radius 2 is 1.96 bits per heavy atom. The van der Waals surface area contributed by atoms with Crippen LogP contribution >= 0.6 is 0 Å². The summed E-state index contributed by atoms with van der Waals surface area (Å²) in [6, 6.07) is 6.74. The van der Waals surface area contributed by atoms with E-state index in [-0.39, 0.29) is 24.4 Å². The molecule has 2 heterocycles. The zero-order chi connectivity index (χ0) is 19.5. The molecule has 0 bridgehead atoms. The quantitative estimate of drug-likeness (QED) is 0.812. The van der Waals surface area contributed by atoms with E-state index in [1.54, 1.807) is 23.1 Å². The number of hydrogen-bond donors (Lipinski definition) is 2. The highest BCUT2D eigenvalue weighted by atomic mass is 16.2. The number of fused-ring (bicyclic) bond motifs is 1. The van der Waals surface area contributed by atoms with Gasteiger partial charge in [0.05, 0.1) is 12.5 Å². The predicted octanol–water partition coefficient (Wildman–Crippen LogP) is 1.38. The Bertz CT molecular complexity index is 864. The summed E-state index contributed by atoms with van der Waals surface area (Å²) in [6.45, 7) is 0.299. The zero-order valence-electron chi connectivity index (χ0n) is 15.4. The molecule has 1 aromatic heterocycles. The van der Waals surface area contributed by atoms with Crippen molar-refractivity contribution in [2.45, 2.75) is 38.3 Å². The van der Waals surface area contributed by atoms with Crippen LogP contribution in [0.5, 0.6) is 0 Å². The summed E-state index contributed by atoms with van der Waals surface area (Å²) in [5, 5.41) is 9.66. The number of anilines is 1. The van der Waals surface area contributed by atoms with Gasteiger partial charge in [-0.1, -0.05) is 25.0 Å². The highest BCUT2D eigenvalue weighted by Gasteiger charge is 2.42. The van der Waals surface area contributed by atoms with Gasteiger partial charge in [-0.15, -0.1) is 0 Å². The van der Waals surface area contributed by atoms with Gasteiger partial charge >= 0.3 is 6.03 Å². The minimum atomic E-state index is -0.480. The predicted molar refractivity (Wildman–Crippen MR) is 100 cm³/mol. The van der Waals surface area contributed by atoms with Crippen LogP contribution in [0.2, 0.25) is 0 Å². The second-order valence-electron chi connectivity index (χ2n) is 7.21. The van der Waals surface area contributed by atoms with Crippen molar-refractivity contribution in [2.75, 3.05) is 11.9 Å². The van der Waals surface area contributed by atoms with Gasteiger partial charge in [0.1, 0.15) is 19.2 Å². The largest absolute Gasteiger partial charge is 0.334 e. The number of imide groups is 1. The molecule has 146 valence electrons. The van der Waals surface area contributed by atoms with Gasteiger partial charge in [-0.05, 0) is 30.5 Å². The first-order valence-electron chi connectivity index (χ1n) is 9.43. The molecule has 1 saturated heterocycles. The first-order chi connectivity index (χ1) is 13.6. The van der Waals surface area contributed by atoms with Crippen molar-refractivity contribution in [2.24, 2.45) is 5.92 Å². The average Bonchev–Trinajstić information content (AvgIpc) is 3.20. The molecule has 4 amide bonds. The fourth-order valence-corrected chi connectivity index (χ4v) is 3.82. The van der Waals surface area contributed by atoms with Gasteiger partial charge in [-0.3, -0.25) is 14.5 Å². The van der Waals surface area contributed by atoms with Crippen molar-refractivity contribution < 1.29 is 14.4 Å². The van der Waals surface area contributed by atoms with Crippen molar-refractivity contribution in [3.05, 3.63) is 42.5 Å². The number of aromatic nitrogens is 3. The number of carbonyl (C=O) groups is 3. The van der Waals surface area contributed by atoms with Crippen LogP contribution in [0.25, 0.3) is 0 Å².